The lowest BCUT2D eigenvalue weighted by molar-refractivity contribution is 0.0950. The molecular formula is C20H18Cl3N3O2. The van der Waals surface area contributed by atoms with Crippen LogP contribution in [0.4, 0.5) is 0 Å². The van der Waals surface area contributed by atoms with Gasteiger partial charge in [-0.15, -0.1) is 0 Å². The van der Waals surface area contributed by atoms with Crippen LogP contribution in [0.2, 0.25) is 15.1 Å². The molecule has 0 unspecified atom stereocenters. The molecule has 0 radical (unpaired) electrons. The normalized spacial score (nSPS) is 10.8. The van der Waals surface area contributed by atoms with E-state index in [1.165, 1.54) is 0 Å². The topological polar surface area (TPSA) is 56.1 Å². The molecule has 0 fully saturated rings. The van der Waals surface area contributed by atoms with Gasteiger partial charge in [-0.2, -0.15) is 5.10 Å². The maximum atomic E-state index is 12.5. The third-order valence-corrected chi connectivity index (χ3v) is 4.84. The number of amides is 1. The lowest BCUT2D eigenvalue weighted by atomic mass is 10.1. The largest absolute Gasteiger partial charge is 0.486 e. The van der Waals surface area contributed by atoms with Crippen molar-refractivity contribution >= 4 is 40.7 Å². The van der Waals surface area contributed by atoms with Crippen molar-refractivity contribution in [2.45, 2.75) is 20.1 Å². The van der Waals surface area contributed by atoms with Crippen LogP contribution in [-0.2, 0) is 20.2 Å². The molecule has 0 saturated carbocycles. The maximum absolute atomic E-state index is 12.5. The first-order chi connectivity index (χ1) is 13.3. The van der Waals surface area contributed by atoms with Crippen molar-refractivity contribution in [1.29, 1.82) is 0 Å². The number of hydrogen-bond donors (Lipinski definition) is 1. The number of benzene rings is 2. The number of nitrogens with one attached hydrogen (secondary N) is 1. The Morgan fingerprint density at radius 3 is 2.50 bits per heavy atom. The molecule has 0 spiro atoms. The summed E-state index contributed by atoms with van der Waals surface area (Å²) < 4.78 is 7.47. The van der Waals surface area contributed by atoms with Crippen LogP contribution in [0.15, 0.2) is 42.5 Å². The molecule has 3 rings (SSSR count). The molecule has 0 aliphatic rings. The zero-order valence-corrected chi connectivity index (χ0v) is 17.6. The number of hydrogen-bond acceptors (Lipinski definition) is 3. The molecule has 1 aromatic heterocycles. The van der Waals surface area contributed by atoms with Gasteiger partial charge in [0.2, 0.25) is 0 Å². The van der Waals surface area contributed by atoms with Crippen LogP contribution in [0.1, 0.15) is 27.3 Å². The first kappa shape index (κ1) is 20.5. The molecule has 8 heteroatoms. The fourth-order valence-corrected chi connectivity index (χ4v) is 3.65. The highest BCUT2D eigenvalue weighted by Gasteiger charge is 2.11. The minimum absolute atomic E-state index is 0.178. The zero-order valence-electron chi connectivity index (χ0n) is 15.3. The molecule has 0 aliphatic heterocycles. The Morgan fingerprint density at radius 2 is 1.86 bits per heavy atom. The molecule has 0 atom stereocenters. The number of rotatable bonds is 6. The zero-order chi connectivity index (χ0) is 20.3. The first-order valence-corrected chi connectivity index (χ1v) is 9.61. The van der Waals surface area contributed by atoms with E-state index in [0.717, 1.165) is 17.0 Å². The van der Waals surface area contributed by atoms with Gasteiger partial charge in [-0.25, -0.2) is 0 Å². The van der Waals surface area contributed by atoms with Gasteiger partial charge in [0, 0.05) is 17.6 Å². The van der Waals surface area contributed by atoms with Crippen molar-refractivity contribution in [1.82, 2.24) is 15.1 Å². The molecule has 5 nitrogen and oxygen atoms in total. The fraction of sp³-hybridized carbons (Fsp3) is 0.200. The van der Waals surface area contributed by atoms with E-state index in [1.54, 1.807) is 35.0 Å². The van der Waals surface area contributed by atoms with Crippen molar-refractivity contribution in [2.75, 3.05) is 0 Å². The molecule has 0 aliphatic carbocycles. The lowest BCUT2D eigenvalue weighted by Crippen LogP contribution is -2.24. The highest BCUT2D eigenvalue weighted by molar-refractivity contribution is 6.40. The Hall–Kier alpha value is -2.21. The second-order valence-electron chi connectivity index (χ2n) is 6.27. The third-order valence-electron chi connectivity index (χ3n) is 4.06. The summed E-state index contributed by atoms with van der Waals surface area (Å²) in [6, 6.07) is 12.2. The van der Waals surface area contributed by atoms with Gasteiger partial charge < -0.3 is 10.1 Å². The highest BCUT2D eigenvalue weighted by atomic mass is 35.5. The summed E-state index contributed by atoms with van der Waals surface area (Å²) in [7, 11) is 1.85. The van der Waals surface area contributed by atoms with E-state index >= 15 is 0 Å². The maximum Gasteiger partial charge on any atom is 0.251 e. The van der Waals surface area contributed by atoms with Crippen LogP contribution < -0.4 is 10.1 Å². The van der Waals surface area contributed by atoms with E-state index in [-0.39, 0.29) is 12.5 Å². The molecule has 2 aromatic carbocycles. The van der Waals surface area contributed by atoms with Gasteiger partial charge in [-0.05, 0) is 42.8 Å². The van der Waals surface area contributed by atoms with Crippen LogP contribution >= 0.6 is 34.8 Å². The predicted molar refractivity (Wildman–Crippen MR) is 111 cm³/mol. The molecule has 1 heterocycles. The minimum atomic E-state index is -0.178. The molecule has 1 N–H and O–H groups in total. The molecule has 0 saturated heterocycles. The van der Waals surface area contributed by atoms with Gasteiger partial charge in [0.25, 0.3) is 5.91 Å². The van der Waals surface area contributed by atoms with E-state index in [4.69, 9.17) is 39.5 Å². The molecule has 3 aromatic rings. The number of carbonyl (C=O) groups excluding carboxylic acids is 1. The number of aryl methyl sites for hydroxylation is 2. The second-order valence-corrected chi connectivity index (χ2v) is 7.52. The molecule has 0 bridgehead atoms. The summed E-state index contributed by atoms with van der Waals surface area (Å²) in [4.78, 5) is 12.5. The number of nitrogens with zero attached hydrogens (tertiary/aromatic N) is 2. The quantitative estimate of drug-likeness (QED) is 0.575. The number of ether oxygens (including phenoxy) is 1. The van der Waals surface area contributed by atoms with Crippen molar-refractivity contribution in [2.24, 2.45) is 7.05 Å². The van der Waals surface area contributed by atoms with Crippen molar-refractivity contribution in [3.63, 3.8) is 0 Å². The predicted octanol–water partition coefficient (Wildman–Crippen LogP) is 5.20. The van der Waals surface area contributed by atoms with E-state index in [2.05, 4.69) is 10.4 Å². The third kappa shape index (κ3) is 4.98. The summed E-state index contributed by atoms with van der Waals surface area (Å²) in [5, 5.41) is 8.26. The highest BCUT2D eigenvalue weighted by Crippen LogP contribution is 2.36. The van der Waals surface area contributed by atoms with Crippen molar-refractivity contribution < 1.29 is 9.53 Å². The number of aromatic nitrogens is 2. The van der Waals surface area contributed by atoms with E-state index in [1.807, 2.05) is 26.1 Å². The Morgan fingerprint density at radius 1 is 1.14 bits per heavy atom. The fourth-order valence-electron chi connectivity index (χ4n) is 2.73. The number of carbonyl (C=O) groups is 1. The first-order valence-electron chi connectivity index (χ1n) is 8.47. The van der Waals surface area contributed by atoms with Gasteiger partial charge in [0.15, 0.2) is 5.75 Å². The summed E-state index contributed by atoms with van der Waals surface area (Å²) >= 11 is 18.2. The molecule has 28 heavy (non-hydrogen) atoms. The molecule has 1 amide bonds. The average molecular weight is 439 g/mol. The molecular weight excluding hydrogens is 421 g/mol. The average Bonchev–Trinajstić information content (AvgIpc) is 2.96. The van der Waals surface area contributed by atoms with Crippen LogP contribution in [0.25, 0.3) is 0 Å². The van der Waals surface area contributed by atoms with Gasteiger partial charge in [-0.3, -0.25) is 9.48 Å². The summed E-state index contributed by atoms with van der Waals surface area (Å²) in [5.74, 6) is 0.178. The van der Waals surface area contributed by atoms with Crippen molar-refractivity contribution in [3.8, 4) is 5.75 Å². The monoisotopic (exact) mass is 437 g/mol. The molecule has 146 valence electrons. The van der Waals surface area contributed by atoms with Gasteiger partial charge >= 0.3 is 0 Å². The minimum Gasteiger partial charge on any atom is -0.486 e. The Balaban J connectivity index is 1.65. The number of halogens is 3. The van der Waals surface area contributed by atoms with Crippen LogP contribution in [0.5, 0.6) is 5.75 Å². The van der Waals surface area contributed by atoms with Gasteiger partial charge in [-0.1, -0.05) is 46.9 Å². The van der Waals surface area contributed by atoms with Crippen LogP contribution in [-0.4, -0.2) is 15.7 Å². The van der Waals surface area contributed by atoms with Crippen LogP contribution in [0, 0.1) is 6.92 Å². The van der Waals surface area contributed by atoms with Gasteiger partial charge in [0.1, 0.15) is 6.61 Å². The van der Waals surface area contributed by atoms with E-state index < -0.39 is 0 Å². The Kier molecular flexibility index (Phi) is 6.50. The van der Waals surface area contributed by atoms with E-state index in [0.29, 0.717) is 32.9 Å². The van der Waals surface area contributed by atoms with Gasteiger partial charge in [0.05, 0.1) is 28.0 Å². The smallest absolute Gasteiger partial charge is 0.251 e. The van der Waals surface area contributed by atoms with E-state index in [9.17, 15) is 4.79 Å². The van der Waals surface area contributed by atoms with Crippen LogP contribution in [0.3, 0.4) is 0 Å². The SMILES string of the molecule is Cc1cc(CNC(=O)c2cccc(COc3c(Cl)cc(Cl)cc3Cl)c2)n(C)n1. The second kappa shape index (κ2) is 8.86. The van der Waals surface area contributed by atoms with Crippen molar-refractivity contribution in [3.05, 3.63) is 80.0 Å². The lowest BCUT2D eigenvalue weighted by Gasteiger charge is -2.11. The summed E-state index contributed by atoms with van der Waals surface area (Å²) in [5.41, 5.74) is 3.18. The standard InChI is InChI=1S/C20H18Cl3N3O2/c1-12-6-16(26(2)25-12)10-24-20(27)14-5-3-4-13(7-14)11-28-19-17(22)8-15(21)9-18(19)23/h3-9H,10-11H2,1-2H3,(H,24,27). The summed E-state index contributed by atoms with van der Waals surface area (Å²) in [6.45, 7) is 2.52. The Labute approximate surface area is 178 Å². The summed E-state index contributed by atoms with van der Waals surface area (Å²) in [6.07, 6.45) is 0. The Bertz CT molecular complexity index is 995.